The summed E-state index contributed by atoms with van der Waals surface area (Å²) in [5.41, 5.74) is 12.9. The Labute approximate surface area is 177 Å². The average Bonchev–Trinajstić information content (AvgIpc) is 3.45. The molecule has 142 valence electrons. The lowest BCUT2D eigenvalue weighted by atomic mass is 9.58. The molecule has 4 aromatic rings. The highest BCUT2D eigenvalue weighted by Gasteiger charge is 2.74. The first kappa shape index (κ1) is 15.7. The molecule has 0 heterocycles. The number of benzene rings is 4. The molecule has 4 aromatic carbocycles. The van der Waals surface area contributed by atoms with Crippen molar-refractivity contribution in [2.75, 3.05) is 0 Å². The predicted octanol–water partition coefficient (Wildman–Crippen LogP) is 6.27. The van der Waals surface area contributed by atoms with Gasteiger partial charge in [0, 0.05) is 22.7 Å². The quantitative estimate of drug-likeness (QED) is 0.336. The van der Waals surface area contributed by atoms with Gasteiger partial charge < -0.3 is 0 Å². The van der Waals surface area contributed by atoms with E-state index >= 15 is 0 Å². The molecule has 0 bridgehead atoms. The minimum Gasteiger partial charge on any atom is -0.0620 e. The lowest BCUT2D eigenvalue weighted by molar-refractivity contribution is 0.244. The van der Waals surface area contributed by atoms with Crippen LogP contribution in [0.4, 0.5) is 0 Å². The Morgan fingerprint density at radius 1 is 0.433 bits per heavy atom. The van der Waals surface area contributed by atoms with Crippen molar-refractivity contribution in [2.24, 2.45) is 0 Å². The Bertz CT molecular complexity index is 1270. The van der Waals surface area contributed by atoms with Crippen molar-refractivity contribution in [1.29, 1.82) is 0 Å². The molecule has 0 heteroatoms. The van der Waals surface area contributed by atoms with Crippen molar-refractivity contribution < 1.29 is 0 Å². The lowest BCUT2D eigenvalue weighted by Crippen LogP contribution is -2.46. The molecule has 0 unspecified atom stereocenters. The monoisotopic (exact) mass is 382 g/mol. The van der Waals surface area contributed by atoms with Crippen molar-refractivity contribution in [3.63, 3.8) is 0 Å². The van der Waals surface area contributed by atoms with E-state index in [-0.39, 0.29) is 10.8 Å². The van der Waals surface area contributed by atoms with Gasteiger partial charge in [-0.1, -0.05) is 97.1 Å². The molecule has 0 radical (unpaired) electrons. The summed E-state index contributed by atoms with van der Waals surface area (Å²) in [5, 5.41) is 0. The molecule has 4 atom stereocenters. The van der Waals surface area contributed by atoms with E-state index in [4.69, 9.17) is 0 Å². The van der Waals surface area contributed by atoms with Gasteiger partial charge in [0.15, 0.2) is 0 Å². The van der Waals surface area contributed by atoms with Crippen LogP contribution in [-0.4, -0.2) is 0 Å². The second kappa shape index (κ2) is 4.95. The van der Waals surface area contributed by atoms with Crippen LogP contribution in [0, 0.1) is 0 Å². The molecule has 0 saturated carbocycles. The standard InChI is InChI=1S/C30H22/c1-3-11-21-19(9-1)17-29-25-15-7-6-14-24(25)28-22-12-4-2-10-20(22)18-30(28,29)26-16-8-5-13-23(26)27(21)29/h1-16,27-28H,17-18H2/t27-,28-,29+,30+/m1/s1. The van der Waals surface area contributed by atoms with Crippen LogP contribution < -0.4 is 0 Å². The Balaban J connectivity index is 1.57. The average molecular weight is 383 g/mol. The highest BCUT2D eigenvalue weighted by atomic mass is 14.8. The van der Waals surface area contributed by atoms with E-state index in [0.29, 0.717) is 11.8 Å². The van der Waals surface area contributed by atoms with Gasteiger partial charge in [0.25, 0.3) is 0 Å². The second-order valence-corrected chi connectivity index (χ2v) is 9.73. The van der Waals surface area contributed by atoms with Gasteiger partial charge in [-0.05, 0) is 57.3 Å². The van der Waals surface area contributed by atoms with Gasteiger partial charge in [0.05, 0.1) is 0 Å². The number of fused-ring (bicyclic) bond motifs is 8. The van der Waals surface area contributed by atoms with E-state index < -0.39 is 0 Å². The zero-order valence-electron chi connectivity index (χ0n) is 16.8. The molecule has 0 saturated heterocycles. The minimum atomic E-state index is 0.126. The molecule has 0 aliphatic heterocycles. The van der Waals surface area contributed by atoms with Crippen LogP contribution >= 0.6 is 0 Å². The topological polar surface area (TPSA) is 0 Å². The Morgan fingerprint density at radius 2 is 0.800 bits per heavy atom. The van der Waals surface area contributed by atoms with Crippen molar-refractivity contribution in [3.8, 4) is 0 Å². The third kappa shape index (κ3) is 1.42. The first-order chi connectivity index (χ1) is 14.9. The summed E-state index contributed by atoms with van der Waals surface area (Å²) in [6, 6.07) is 37.4. The van der Waals surface area contributed by atoms with Crippen LogP contribution in [-0.2, 0) is 23.7 Å². The molecular formula is C30H22. The maximum absolute atomic E-state index is 2.46. The summed E-state index contributed by atoms with van der Waals surface area (Å²) < 4.78 is 0. The van der Waals surface area contributed by atoms with Crippen LogP contribution in [0.2, 0.25) is 0 Å². The maximum atomic E-state index is 2.46. The number of hydrogen-bond donors (Lipinski definition) is 0. The molecule has 4 aliphatic rings. The van der Waals surface area contributed by atoms with Gasteiger partial charge in [-0.25, -0.2) is 0 Å². The summed E-state index contributed by atoms with van der Waals surface area (Å²) in [5.74, 6) is 0.927. The van der Waals surface area contributed by atoms with E-state index in [1.165, 1.54) is 0 Å². The van der Waals surface area contributed by atoms with Crippen LogP contribution in [0.5, 0.6) is 0 Å². The molecule has 0 nitrogen and oxygen atoms in total. The molecule has 0 amide bonds. The summed E-state index contributed by atoms with van der Waals surface area (Å²) >= 11 is 0. The Kier molecular flexibility index (Phi) is 2.59. The van der Waals surface area contributed by atoms with Crippen molar-refractivity contribution in [2.45, 2.75) is 35.5 Å². The first-order valence-electron chi connectivity index (χ1n) is 11.2. The molecule has 0 aromatic heterocycles. The predicted molar refractivity (Wildman–Crippen MR) is 120 cm³/mol. The SMILES string of the molecule is c1ccc2c(c1)C[C@@]13c4ccccc4[C@H]4c5ccccc5C[C@]41c1ccccc1[C@@H]23. The van der Waals surface area contributed by atoms with Gasteiger partial charge in [-0.2, -0.15) is 0 Å². The van der Waals surface area contributed by atoms with Gasteiger partial charge in [-0.15, -0.1) is 0 Å². The normalized spacial score (nSPS) is 30.7. The zero-order valence-corrected chi connectivity index (χ0v) is 16.8. The van der Waals surface area contributed by atoms with Crippen LogP contribution in [0.3, 0.4) is 0 Å². The third-order valence-electron chi connectivity index (χ3n) is 8.96. The fraction of sp³-hybridized carbons (Fsp3) is 0.200. The van der Waals surface area contributed by atoms with Gasteiger partial charge >= 0.3 is 0 Å². The van der Waals surface area contributed by atoms with Crippen LogP contribution in [0.25, 0.3) is 0 Å². The molecule has 0 fully saturated rings. The lowest BCUT2D eigenvalue weighted by Gasteiger charge is -2.43. The fourth-order valence-electron chi connectivity index (χ4n) is 8.28. The van der Waals surface area contributed by atoms with E-state index in [1.54, 1.807) is 44.5 Å². The summed E-state index contributed by atoms with van der Waals surface area (Å²) in [7, 11) is 0. The summed E-state index contributed by atoms with van der Waals surface area (Å²) in [6.07, 6.45) is 2.31. The summed E-state index contributed by atoms with van der Waals surface area (Å²) in [6.45, 7) is 0. The Hall–Kier alpha value is -3.12. The van der Waals surface area contributed by atoms with E-state index in [0.717, 1.165) is 12.8 Å². The molecule has 4 aliphatic carbocycles. The molecule has 2 spiro atoms. The largest absolute Gasteiger partial charge is 0.0620 e. The van der Waals surface area contributed by atoms with Crippen LogP contribution in [0.15, 0.2) is 97.1 Å². The van der Waals surface area contributed by atoms with E-state index in [1.807, 2.05) is 0 Å². The molecule has 8 rings (SSSR count). The number of rotatable bonds is 0. The third-order valence-corrected chi connectivity index (χ3v) is 8.96. The van der Waals surface area contributed by atoms with E-state index in [9.17, 15) is 0 Å². The highest BCUT2D eigenvalue weighted by Crippen LogP contribution is 2.78. The van der Waals surface area contributed by atoms with Crippen molar-refractivity contribution in [3.05, 3.63) is 142 Å². The summed E-state index contributed by atoms with van der Waals surface area (Å²) in [4.78, 5) is 0. The van der Waals surface area contributed by atoms with Gasteiger partial charge in [0.2, 0.25) is 0 Å². The van der Waals surface area contributed by atoms with Crippen molar-refractivity contribution >= 4 is 0 Å². The molecule has 30 heavy (non-hydrogen) atoms. The molecular weight excluding hydrogens is 360 g/mol. The van der Waals surface area contributed by atoms with E-state index in [2.05, 4.69) is 97.1 Å². The first-order valence-corrected chi connectivity index (χ1v) is 11.2. The Morgan fingerprint density at radius 3 is 1.27 bits per heavy atom. The van der Waals surface area contributed by atoms with Gasteiger partial charge in [0.1, 0.15) is 0 Å². The minimum absolute atomic E-state index is 0.126. The fourth-order valence-corrected chi connectivity index (χ4v) is 8.28. The van der Waals surface area contributed by atoms with Gasteiger partial charge in [-0.3, -0.25) is 0 Å². The number of hydrogen-bond acceptors (Lipinski definition) is 0. The molecule has 0 N–H and O–H groups in total. The zero-order chi connectivity index (χ0) is 19.5. The smallest absolute Gasteiger partial charge is 0.0215 e. The second-order valence-electron chi connectivity index (χ2n) is 9.73. The van der Waals surface area contributed by atoms with Crippen LogP contribution in [0.1, 0.15) is 56.3 Å². The maximum Gasteiger partial charge on any atom is 0.0215 e. The highest BCUT2D eigenvalue weighted by molar-refractivity contribution is 5.74. The van der Waals surface area contributed by atoms with Crippen molar-refractivity contribution in [1.82, 2.24) is 0 Å².